The Morgan fingerprint density at radius 3 is 1.65 bits per heavy atom. The van der Waals surface area contributed by atoms with Crippen LogP contribution < -0.4 is 31.1 Å². The summed E-state index contributed by atoms with van der Waals surface area (Å²) in [6, 6.07) is 75.6. The molecule has 0 saturated carbocycles. The molecule has 0 bridgehead atoms. The molecule has 6 heteroatoms. The first kappa shape index (κ1) is 50.5. The predicted molar refractivity (Wildman–Crippen MR) is 347 cm³/mol. The fourth-order valence-electron chi connectivity index (χ4n) is 13.4. The molecule has 0 aliphatic carbocycles. The lowest BCUT2D eigenvalue weighted by molar-refractivity contribution is 0.589. The summed E-state index contributed by atoms with van der Waals surface area (Å²) in [4.78, 5) is 7.63. The Hall–Kier alpha value is -8.74. The number of para-hydroxylation sites is 3. The van der Waals surface area contributed by atoms with E-state index in [1.165, 1.54) is 100 Å². The average molecular weight is 1050 g/mol. The second-order valence-electron chi connectivity index (χ2n) is 26.1. The molecule has 5 nitrogen and oxygen atoms in total. The summed E-state index contributed by atoms with van der Waals surface area (Å²) < 4.78 is 9.07. The van der Waals surface area contributed by atoms with E-state index in [1.807, 2.05) is 0 Å². The number of nitrogens with zero attached hydrogens (tertiary/aromatic N) is 4. The molecular weight excluding hydrogens is 984 g/mol. The van der Waals surface area contributed by atoms with Gasteiger partial charge in [0.15, 0.2) is 0 Å². The second-order valence-corrected chi connectivity index (χ2v) is 26.1. The van der Waals surface area contributed by atoms with E-state index < -0.39 is 0 Å². The van der Waals surface area contributed by atoms with Gasteiger partial charge in [-0.25, -0.2) is 0 Å². The van der Waals surface area contributed by atoms with Gasteiger partial charge in [0, 0.05) is 78.8 Å². The van der Waals surface area contributed by atoms with E-state index in [9.17, 15) is 0 Å². The average Bonchev–Trinajstić information content (AvgIpc) is 4.16. The van der Waals surface area contributed by atoms with Gasteiger partial charge in [-0.05, 0) is 178 Å². The summed E-state index contributed by atoms with van der Waals surface area (Å²) in [6.07, 6.45) is 0. The van der Waals surface area contributed by atoms with Crippen LogP contribution in [0.3, 0.4) is 0 Å². The maximum atomic E-state index is 6.63. The molecule has 2 aliphatic rings. The first-order valence-electron chi connectivity index (χ1n) is 28.9. The van der Waals surface area contributed by atoms with Crippen LogP contribution in [0.2, 0.25) is 0 Å². The van der Waals surface area contributed by atoms with Crippen molar-refractivity contribution >= 4 is 118 Å². The molecule has 398 valence electrons. The van der Waals surface area contributed by atoms with Crippen molar-refractivity contribution in [1.29, 1.82) is 0 Å². The van der Waals surface area contributed by atoms with Crippen molar-refractivity contribution in [2.45, 2.75) is 99.3 Å². The molecule has 4 heterocycles. The standard InChI is InChI=1S/C75H69BN4O/c1-46-38-67-71-68(39-46)80(56-32-35-60-59-23-17-19-25-69(59)81-70(60)45-56)64-37-28-50(74(7,8)9)42-62(64)76(71)61-36-33-55(44-66(61)79(67)53-29-26-49(27-30-53)73(4,5)6)77(72-47(2)40-51(41-48(72)3)75(10,11)12)54-31-34-58-57-22-16-18-24-63(57)78(65(58)43-54)52-20-14-13-15-21-52/h13-45H,1-12H3. The highest BCUT2D eigenvalue weighted by molar-refractivity contribution is 7.00. The van der Waals surface area contributed by atoms with Gasteiger partial charge < -0.3 is 23.7 Å². The van der Waals surface area contributed by atoms with Gasteiger partial charge in [-0.1, -0.05) is 165 Å². The van der Waals surface area contributed by atoms with Gasteiger partial charge in [-0.15, -0.1) is 0 Å². The maximum Gasteiger partial charge on any atom is 0.252 e. The fourth-order valence-corrected chi connectivity index (χ4v) is 13.4. The summed E-state index contributed by atoms with van der Waals surface area (Å²) in [5.41, 5.74) is 26.9. The SMILES string of the molecule is Cc1cc2c3c(c1)N(c1ccc(C(C)(C)C)cc1)c1cc(N(c4ccc5c6ccccc6n(-c6ccccc6)c5c4)c4c(C)cc(C(C)(C)C)cc4C)ccc1B3c1cc(C(C)(C)C)ccc1N2c1ccc2c(c1)oc1ccccc12. The molecule has 81 heavy (non-hydrogen) atoms. The molecule has 2 aliphatic heterocycles. The van der Waals surface area contributed by atoms with E-state index in [1.54, 1.807) is 0 Å². The number of rotatable bonds is 6. The van der Waals surface area contributed by atoms with Crippen LogP contribution in [-0.4, -0.2) is 11.3 Å². The van der Waals surface area contributed by atoms with Gasteiger partial charge in [-0.2, -0.15) is 0 Å². The number of hydrogen-bond acceptors (Lipinski definition) is 4. The summed E-state index contributed by atoms with van der Waals surface area (Å²) >= 11 is 0. The van der Waals surface area contributed by atoms with E-state index in [-0.39, 0.29) is 23.0 Å². The van der Waals surface area contributed by atoms with E-state index >= 15 is 0 Å². The Morgan fingerprint density at radius 2 is 0.951 bits per heavy atom. The van der Waals surface area contributed by atoms with Crippen LogP contribution >= 0.6 is 0 Å². The van der Waals surface area contributed by atoms with E-state index in [2.05, 4.69) is 303 Å². The van der Waals surface area contributed by atoms with Crippen LogP contribution in [0, 0.1) is 20.8 Å². The monoisotopic (exact) mass is 1050 g/mol. The summed E-state index contributed by atoms with van der Waals surface area (Å²) in [5.74, 6) is 0. The lowest BCUT2D eigenvalue weighted by Gasteiger charge is -2.45. The van der Waals surface area contributed by atoms with Gasteiger partial charge in [0.05, 0.1) is 16.7 Å². The third kappa shape index (κ3) is 8.11. The van der Waals surface area contributed by atoms with Gasteiger partial charge in [0.2, 0.25) is 0 Å². The number of anilines is 9. The van der Waals surface area contributed by atoms with Crippen LogP contribution in [0.15, 0.2) is 205 Å². The first-order chi connectivity index (χ1) is 38.8. The van der Waals surface area contributed by atoms with E-state index in [0.717, 1.165) is 50.4 Å². The second kappa shape index (κ2) is 18.1. The van der Waals surface area contributed by atoms with Crippen LogP contribution in [0.5, 0.6) is 0 Å². The van der Waals surface area contributed by atoms with Crippen molar-refractivity contribution < 1.29 is 4.42 Å². The number of benzene rings is 10. The molecule has 0 saturated heterocycles. The molecular formula is C75H69BN4O. The fraction of sp³-hybridized carbons (Fsp3) is 0.200. The minimum atomic E-state index is -0.0856. The van der Waals surface area contributed by atoms with Crippen molar-refractivity contribution in [3.63, 3.8) is 0 Å². The Bertz CT molecular complexity index is 4500. The van der Waals surface area contributed by atoms with Crippen molar-refractivity contribution in [2.75, 3.05) is 14.7 Å². The van der Waals surface area contributed by atoms with Crippen LogP contribution in [0.1, 0.15) is 95.7 Å². The minimum absolute atomic E-state index is 0.0128. The molecule has 2 aromatic heterocycles. The zero-order valence-corrected chi connectivity index (χ0v) is 48.8. The van der Waals surface area contributed by atoms with Crippen LogP contribution in [0.25, 0.3) is 49.4 Å². The number of hydrogen-bond donors (Lipinski definition) is 0. The molecule has 0 atom stereocenters. The quantitative estimate of drug-likeness (QED) is 0.155. The molecule has 0 unspecified atom stereocenters. The lowest BCUT2D eigenvalue weighted by atomic mass is 9.33. The molecule has 0 fully saturated rings. The van der Waals surface area contributed by atoms with Gasteiger partial charge in [0.1, 0.15) is 11.2 Å². The molecule has 0 N–H and O–H groups in total. The van der Waals surface area contributed by atoms with Crippen molar-refractivity contribution in [3.05, 3.63) is 234 Å². The summed E-state index contributed by atoms with van der Waals surface area (Å²) in [6.45, 7) is 27.6. The molecule has 14 rings (SSSR count). The van der Waals surface area contributed by atoms with E-state index in [0.29, 0.717) is 0 Å². The van der Waals surface area contributed by atoms with Crippen molar-refractivity contribution in [2.24, 2.45) is 0 Å². The number of fused-ring (bicyclic) bond motifs is 10. The Kier molecular flexibility index (Phi) is 11.3. The molecule has 10 aromatic carbocycles. The Morgan fingerprint density at radius 1 is 0.383 bits per heavy atom. The highest BCUT2D eigenvalue weighted by Gasteiger charge is 2.44. The predicted octanol–water partition coefficient (Wildman–Crippen LogP) is 19.1. The Balaban J connectivity index is 1.05. The smallest absolute Gasteiger partial charge is 0.252 e. The van der Waals surface area contributed by atoms with Gasteiger partial charge in [-0.3, -0.25) is 0 Å². The highest BCUT2D eigenvalue weighted by atomic mass is 16.3. The highest BCUT2D eigenvalue weighted by Crippen LogP contribution is 2.50. The van der Waals surface area contributed by atoms with Crippen LogP contribution in [0.4, 0.5) is 51.2 Å². The molecule has 0 spiro atoms. The lowest BCUT2D eigenvalue weighted by Crippen LogP contribution is -2.61. The normalized spacial score (nSPS) is 13.4. The summed E-state index contributed by atoms with van der Waals surface area (Å²) in [7, 11) is 0. The minimum Gasteiger partial charge on any atom is -0.456 e. The third-order valence-electron chi connectivity index (χ3n) is 17.4. The van der Waals surface area contributed by atoms with Gasteiger partial charge in [0.25, 0.3) is 6.71 Å². The topological polar surface area (TPSA) is 27.8 Å². The number of aryl methyl sites for hydroxylation is 3. The Labute approximate surface area is 477 Å². The summed E-state index contributed by atoms with van der Waals surface area (Å²) in [5, 5.41) is 4.72. The molecule has 0 radical (unpaired) electrons. The molecule has 0 amide bonds. The van der Waals surface area contributed by atoms with Gasteiger partial charge >= 0.3 is 0 Å². The third-order valence-corrected chi connectivity index (χ3v) is 17.4. The van der Waals surface area contributed by atoms with Crippen LogP contribution in [-0.2, 0) is 16.2 Å². The van der Waals surface area contributed by atoms with E-state index in [4.69, 9.17) is 4.42 Å². The molecule has 12 aromatic rings. The largest absolute Gasteiger partial charge is 0.456 e. The van der Waals surface area contributed by atoms with Crippen molar-refractivity contribution in [3.8, 4) is 5.69 Å². The first-order valence-corrected chi connectivity index (χ1v) is 28.9. The number of furan rings is 1. The van der Waals surface area contributed by atoms with Crippen molar-refractivity contribution in [1.82, 2.24) is 4.57 Å². The maximum absolute atomic E-state index is 6.63. The number of aromatic nitrogens is 1. The zero-order chi connectivity index (χ0) is 56.0. The zero-order valence-electron chi connectivity index (χ0n) is 48.8.